The summed E-state index contributed by atoms with van der Waals surface area (Å²) < 4.78 is 15.7. The predicted molar refractivity (Wildman–Crippen MR) is 84.4 cm³/mol. The lowest BCUT2D eigenvalue weighted by molar-refractivity contribution is -0.300. The van der Waals surface area contributed by atoms with Gasteiger partial charge >= 0.3 is 0 Å². The highest BCUT2D eigenvalue weighted by atomic mass is 16.7. The Bertz CT molecular complexity index is 482. The molecule has 24 heavy (non-hydrogen) atoms. The molecule has 2 rings (SSSR count). The molecule has 5 N–H and O–H groups in total. The molecular formula is C16H25NO7. The van der Waals surface area contributed by atoms with Crippen LogP contribution in [-0.4, -0.2) is 78.0 Å². The van der Waals surface area contributed by atoms with Crippen molar-refractivity contribution in [1.82, 2.24) is 5.32 Å². The fourth-order valence-electron chi connectivity index (χ4n) is 2.43. The molecule has 0 spiro atoms. The molecule has 8 nitrogen and oxygen atoms in total. The first-order valence-electron chi connectivity index (χ1n) is 7.82. The van der Waals surface area contributed by atoms with Gasteiger partial charge in [0.1, 0.15) is 30.2 Å². The van der Waals surface area contributed by atoms with E-state index in [1.54, 1.807) is 7.11 Å². The molecule has 136 valence electrons. The molecule has 1 fully saturated rings. The van der Waals surface area contributed by atoms with Crippen molar-refractivity contribution in [3.05, 3.63) is 29.8 Å². The largest absolute Gasteiger partial charge is 0.497 e. The molecule has 5 atom stereocenters. The van der Waals surface area contributed by atoms with Crippen LogP contribution in [0.5, 0.6) is 5.75 Å². The molecule has 1 aliphatic rings. The summed E-state index contributed by atoms with van der Waals surface area (Å²) >= 11 is 0. The summed E-state index contributed by atoms with van der Waals surface area (Å²) in [7, 11) is 1.61. The van der Waals surface area contributed by atoms with Gasteiger partial charge in [-0.25, -0.2) is 0 Å². The topological polar surface area (TPSA) is 121 Å². The second-order valence-corrected chi connectivity index (χ2v) is 5.59. The van der Waals surface area contributed by atoms with E-state index in [0.717, 1.165) is 11.3 Å². The highest BCUT2D eigenvalue weighted by molar-refractivity contribution is 5.26. The van der Waals surface area contributed by atoms with Gasteiger partial charge in [-0.2, -0.15) is 0 Å². The molecule has 0 bridgehead atoms. The smallest absolute Gasteiger partial charge is 0.186 e. The number of hydrogen-bond acceptors (Lipinski definition) is 8. The number of benzene rings is 1. The minimum atomic E-state index is -1.42. The monoisotopic (exact) mass is 343 g/mol. The van der Waals surface area contributed by atoms with Crippen LogP contribution in [0.2, 0.25) is 0 Å². The maximum Gasteiger partial charge on any atom is 0.186 e. The zero-order valence-corrected chi connectivity index (χ0v) is 13.5. The van der Waals surface area contributed by atoms with E-state index in [0.29, 0.717) is 13.1 Å². The molecule has 1 aromatic carbocycles. The first-order chi connectivity index (χ1) is 11.6. The Morgan fingerprint density at radius 1 is 1.08 bits per heavy atom. The lowest BCUT2D eigenvalue weighted by Gasteiger charge is -2.39. The number of rotatable bonds is 8. The first kappa shape index (κ1) is 19.1. The lowest BCUT2D eigenvalue weighted by Crippen LogP contribution is -2.59. The third kappa shape index (κ3) is 4.87. The van der Waals surface area contributed by atoms with Crippen LogP contribution in [-0.2, 0) is 16.0 Å². The van der Waals surface area contributed by atoms with Crippen LogP contribution in [0.1, 0.15) is 5.56 Å². The first-order valence-corrected chi connectivity index (χ1v) is 7.82. The van der Waals surface area contributed by atoms with Gasteiger partial charge < -0.3 is 40.0 Å². The van der Waals surface area contributed by atoms with Gasteiger partial charge in [0.15, 0.2) is 6.29 Å². The molecule has 1 aromatic rings. The van der Waals surface area contributed by atoms with E-state index in [1.807, 2.05) is 24.3 Å². The van der Waals surface area contributed by atoms with Crippen LogP contribution in [0.15, 0.2) is 24.3 Å². The maximum absolute atomic E-state index is 9.83. The van der Waals surface area contributed by atoms with E-state index < -0.39 is 37.3 Å². The number of nitrogens with one attached hydrogen (secondary N) is 1. The van der Waals surface area contributed by atoms with E-state index in [9.17, 15) is 15.3 Å². The number of hydrogen-bond donors (Lipinski definition) is 5. The van der Waals surface area contributed by atoms with Gasteiger partial charge in [0.05, 0.1) is 20.3 Å². The summed E-state index contributed by atoms with van der Waals surface area (Å²) in [6.07, 6.45) is -6.22. The average molecular weight is 343 g/mol. The molecule has 0 amide bonds. The molecular weight excluding hydrogens is 318 g/mol. The summed E-state index contributed by atoms with van der Waals surface area (Å²) in [5.41, 5.74) is 1.09. The molecule has 8 heteroatoms. The van der Waals surface area contributed by atoms with Gasteiger partial charge in [0.2, 0.25) is 0 Å². The third-order valence-corrected chi connectivity index (χ3v) is 3.90. The Balaban J connectivity index is 1.69. The molecule has 1 saturated heterocycles. The van der Waals surface area contributed by atoms with Gasteiger partial charge in [-0.3, -0.25) is 0 Å². The fourth-order valence-corrected chi connectivity index (χ4v) is 2.43. The molecule has 0 radical (unpaired) electrons. The van der Waals surface area contributed by atoms with Crippen molar-refractivity contribution in [2.45, 2.75) is 37.3 Å². The lowest BCUT2D eigenvalue weighted by atomic mass is 9.99. The number of aliphatic hydroxyl groups excluding tert-OH is 4. The second-order valence-electron chi connectivity index (χ2n) is 5.59. The van der Waals surface area contributed by atoms with Crippen molar-refractivity contribution in [2.24, 2.45) is 0 Å². The van der Waals surface area contributed by atoms with Gasteiger partial charge in [-0.05, 0) is 17.7 Å². The fraction of sp³-hybridized carbons (Fsp3) is 0.625. The van der Waals surface area contributed by atoms with Gasteiger partial charge in [-0.15, -0.1) is 0 Å². The quantitative estimate of drug-likeness (QED) is 0.366. The van der Waals surface area contributed by atoms with Crippen molar-refractivity contribution in [1.29, 1.82) is 0 Å². The zero-order valence-electron chi connectivity index (χ0n) is 13.5. The van der Waals surface area contributed by atoms with Crippen molar-refractivity contribution < 1.29 is 34.6 Å². The number of ether oxygens (including phenoxy) is 3. The molecule has 0 saturated carbocycles. The summed E-state index contributed by atoms with van der Waals surface area (Å²) in [5, 5.41) is 41.4. The van der Waals surface area contributed by atoms with Crippen LogP contribution in [0.3, 0.4) is 0 Å². The Labute approximate surface area is 140 Å². The third-order valence-electron chi connectivity index (χ3n) is 3.90. The van der Waals surface area contributed by atoms with E-state index >= 15 is 0 Å². The summed E-state index contributed by atoms with van der Waals surface area (Å²) in [5.74, 6) is 0.796. The Kier molecular flexibility index (Phi) is 7.38. The number of methoxy groups -OCH3 is 1. The van der Waals surface area contributed by atoms with Crippen LogP contribution in [0.4, 0.5) is 0 Å². The van der Waals surface area contributed by atoms with Crippen molar-refractivity contribution in [3.63, 3.8) is 0 Å². The average Bonchev–Trinajstić information content (AvgIpc) is 2.61. The zero-order chi connectivity index (χ0) is 17.5. The minimum Gasteiger partial charge on any atom is -0.497 e. The maximum atomic E-state index is 9.83. The summed E-state index contributed by atoms with van der Waals surface area (Å²) in [6, 6.07) is 7.65. The standard InChI is InChI=1S/C16H25NO7/c1-22-11-4-2-10(3-5-11)8-17-6-7-23-16-15(21)14(20)13(19)12(9-18)24-16/h2-5,12-21H,6-9H2,1H3/t12-,13-,14+,15-,16-/m1/s1. The molecule has 0 aliphatic carbocycles. The Morgan fingerprint density at radius 3 is 2.42 bits per heavy atom. The summed E-state index contributed by atoms with van der Waals surface area (Å²) in [6.45, 7) is 0.905. The van der Waals surface area contributed by atoms with E-state index in [1.165, 1.54) is 0 Å². The molecule has 0 unspecified atom stereocenters. The normalized spacial score (nSPS) is 30.3. The molecule has 0 aromatic heterocycles. The van der Waals surface area contributed by atoms with E-state index in [4.69, 9.17) is 19.3 Å². The minimum absolute atomic E-state index is 0.235. The number of aliphatic hydroxyl groups is 4. The van der Waals surface area contributed by atoms with Crippen molar-refractivity contribution in [3.8, 4) is 5.75 Å². The molecule has 1 aliphatic heterocycles. The Hall–Kier alpha value is -1.26. The van der Waals surface area contributed by atoms with Gasteiger partial charge in [0.25, 0.3) is 0 Å². The van der Waals surface area contributed by atoms with Gasteiger partial charge in [0, 0.05) is 13.1 Å². The summed E-state index contributed by atoms with van der Waals surface area (Å²) in [4.78, 5) is 0. The van der Waals surface area contributed by atoms with Crippen LogP contribution in [0.25, 0.3) is 0 Å². The van der Waals surface area contributed by atoms with E-state index in [2.05, 4.69) is 5.32 Å². The predicted octanol–water partition coefficient (Wildman–Crippen LogP) is -1.40. The highest BCUT2D eigenvalue weighted by Crippen LogP contribution is 2.21. The van der Waals surface area contributed by atoms with E-state index in [-0.39, 0.29) is 6.61 Å². The van der Waals surface area contributed by atoms with Crippen molar-refractivity contribution >= 4 is 0 Å². The van der Waals surface area contributed by atoms with Gasteiger partial charge in [-0.1, -0.05) is 12.1 Å². The van der Waals surface area contributed by atoms with Crippen molar-refractivity contribution in [2.75, 3.05) is 26.9 Å². The highest BCUT2D eigenvalue weighted by Gasteiger charge is 2.43. The van der Waals surface area contributed by atoms with Crippen LogP contribution >= 0.6 is 0 Å². The van der Waals surface area contributed by atoms with Crippen LogP contribution < -0.4 is 10.1 Å². The molecule has 1 heterocycles. The van der Waals surface area contributed by atoms with Crippen LogP contribution in [0, 0.1) is 0 Å². The Morgan fingerprint density at radius 2 is 1.79 bits per heavy atom. The SMILES string of the molecule is COc1ccc(CNCCO[C@@H]2O[C@H](CO)[C@@H](O)[C@H](O)[C@H]2O)cc1. The second kappa shape index (κ2) is 9.28.